The summed E-state index contributed by atoms with van der Waals surface area (Å²) in [4.78, 5) is 2.38. The fourth-order valence-electron chi connectivity index (χ4n) is 12.2. The molecule has 1 aliphatic carbocycles. The summed E-state index contributed by atoms with van der Waals surface area (Å²) in [7, 11) is 0. The van der Waals surface area contributed by atoms with Gasteiger partial charge in [0.1, 0.15) is 0 Å². The molecule has 0 fully saturated rings. The summed E-state index contributed by atoms with van der Waals surface area (Å²) in [5, 5.41) is 2.47. The van der Waals surface area contributed by atoms with Gasteiger partial charge >= 0.3 is 0 Å². The lowest BCUT2D eigenvalue weighted by molar-refractivity contribution is 0.767. The Balaban J connectivity index is 0.853. The van der Waals surface area contributed by atoms with Gasteiger partial charge < -0.3 is 9.47 Å². The van der Waals surface area contributed by atoms with Crippen LogP contribution in [0.1, 0.15) is 22.3 Å². The zero-order chi connectivity index (χ0) is 49.7. The maximum absolute atomic E-state index is 2.48. The predicted octanol–water partition coefficient (Wildman–Crippen LogP) is 19.3. The summed E-state index contributed by atoms with van der Waals surface area (Å²) in [6, 6.07) is 111. The maximum Gasteiger partial charge on any atom is 0.0714 e. The van der Waals surface area contributed by atoms with Gasteiger partial charge in [-0.15, -0.1) is 0 Å². The van der Waals surface area contributed by atoms with E-state index in [0.717, 1.165) is 39.4 Å². The molecule has 14 rings (SSSR count). The first-order valence-electron chi connectivity index (χ1n) is 25.9. The average molecular weight is 955 g/mol. The molecule has 0 radical (unpaired) electrons. The zero-order valence-electron chi connectivity index (χ0n) is 41.3. The van der Waals surface area contributed by atoms with Gasteiger partial charge in [-0.05, 0) is 127 Å². The Hall–Kier alpha value is -9.76. The van der Waals surface area contributed by atoms with Gasteiger partial charge in [-0.1, -0.05) is 249 Å². The van der Waals surface area contributed by atoms with Crippen molar-refractivity contribution in [2.75, 3.05) is 4.90 Å². The normalized spacial score (nSPS) is 12.4. The molecule has 13 aromatic rings. The first-order chi connectivity index (χ1) is 37.2. The smallest absolute Gasteiger partial charge is 0.0714 e. The van der Waals surface area contributed by atoms with Crippen LogP contribution in [0.25, 0.3) is 83.1 Å². The number of aromatic nitrogens is 1. The van der Waals surface area contributed by atoms with Crippen LogP contribution >= 0.6 is 0 Å². The largest absolute Gasteiger partial charge is 0.310 e. The van der Waals surface area contributed by atoms with Gasteiger partial charge in [-0.2, -0.15) is 0 Å². The van der Waals surface area contributed by atoms with Crippen molar-refractivity contribution in [3.63, 3.8) is 0 Å². The Bertz CT molecular complexity index is 4160. The summed E-state index contributed by atoms with van der Waals surface area (Å²) in [6.45, 7) is 0. The van der Waals surface area contributed by atoms with Crippen molar-refractivity contribution in [1.29, 1.82) is 0 Å². The molecule has 0 amide bonds. The lowest BCUT2D eigenvalue weighted by atomic mass is 9.67. The Morgan fingerprint density at radius 2 is 0.733 bits per heavy atom. The topological polar surface area (TPSA) is 8.17 Å². The average Bonchev–Trinajstić information content (AvgIpc) is 4.07. The van der Waals surface area contributed by atoms with Crippen molar-refractivity contribution in [2.24, 2.45) is 0 Å². The highest BCUT2D eigenvalue weighted by molar-refractivity contribution is 6.10. The Kier molecular flexibility index (Phi) is 10.8. The quantitative estimate of drug-likeness (QED) is 0.133. The standard InChI is InChI=1S/C73H50N2/c1-5-21-52(22-6-1)61-29-13-14-30-62(61)53-41-44-59(45-42-53)74(58-27-11-4-12-28-58)70-35-19-16-31-63(70)54-39-37-51(38-40-54)55-43-47-67-66-33-17-20-36-71(66)75(72(67)49-55)60-46-48-65-64-32-15-18-34-68(64)73(69(65)50-60,56-23-7-2-8-24-56)57-25-9-3-10-26-57/h1-50H. The fourth-order valence-corrected chi connectivity index (χ4v) is 12.2. The molecular formula is C73H50N2. The minimum Gasteiger partial charge on any atom is -0.310 e. The summed E-state index contributed by atoms with van der Waals surface area (Å²) in [6.07, 6.45) is 0. The van der Waals surface area contributed by atoms with E-state index >= 15 is 0 Å². The molecule has 0 saturated carbocycles. The van der Waals surface area contributed by atoms with E-state index < -0.39 is 5.41 Å². The molecule has 352 valence electrons. The third-order valence-electron chi connectivity index (χ3n) is 15.5. The number of hydrogen-bond acceptors (Lipinski definition) is 1. The van der Waals surface area contributed by atoms with Crippen molar-refractivity contribution in [1.82, 2.24) is 4.57 Å². The van der Waals surface area contributed by atoms with Gasteiger partial charge in [0.15, 0.2) is 0 Å². The number of hydrogen-bond donors (Lipinski definition) is 0. The summed E-state index contributed by atoms with van der Waals surface area (Å²) < 4.78 is 2.48. The zero-order valence-corrected chi connectivity index (χ0v) is 41.3. The molecule has 0 aliphatic heterocycles. The molecule has 1 aliphatic rings. The van der Waals surface area contributed by atoms with E-state index in [9.17, 15) is 0 Å². The number of nitrogens with zero attached hydrogens (tertiary/aromatic N) is 2. The Labute approximate surface area is 438 Å². The maximum atomic E-state index is 2.48. The molecular weight excluding hydrogens is 905 g/mol. The van der Waals surface area contributed by atoms with E-state index in [0.29, 0.717) is 0 Å². The fraction of sp³-hybridized carbons (Fsp3) is 0.0137. The summed E-state index contributed by atoms with van der Waals surface area (Å²) in [5.41, 5.74) is 23.5. The van der Waals surface area contributed by atoms with Crippen LogP contribution in [0.5, 0.6) is 0 Å². The van der Waals surface area contributed by atoms with Crippen LogP contribution in [-0.4, -0.2) is 4.57 Å². The molecule has 0 saturated heterocycles. The Morgan fingerprint density at radius 1 is 0.267 bits per heavy atom. The SMILES string of the molecule is c1ccc(-c2ccccc2-c2ccc(N(c3ccccc3)c3ccccc3-c3ccc(-c4ccc5c6ccccc6n(-c6ccc7c(c6)C(c6ccccc6)(c6ccccc6)c6ccccc6-7)c5c4)cc3)cc2)cc1. The molecule has 0 bridgehead atoms. The number of anilines is 3. The second kappa shape index (κ2) is 18.4. The minimum absolute atomic E-state index is 0.493. The highest BCUT2D eigenvalue weighted by Crippen LogP contribution is 2.57. The lowest BCUT2D eigenvalue weighted by Gasteiger charge is -2.34. The second-order valence-electron chi connectivity index (χ2n) is 19.6. The van der Waals surface area contributed by atoms with E-state index in [1.807, 2.05) is 0 Å². The van der Waals surface area contributed by atoms with E-state index in [4.69, 9.17) is 0 Å². The molecule has 2 heteroatoms. The van der Waals surface area contributed by atoms with Crippen molar-refractivity contribution in [3.8, 4) is 61.3 Å². The van der Waals surface area contributed by atoms with Crippen LogP contribution < -0.4 is 4.90 Å². The van der Waals surface area contributed by atoms with Gasteiger partial charge in [-0.3, -0.25) is 0 Å². The number of rotatable bonds is 10. The van der Waals surface area contributed by atoms with Crippen LogP contribution in [0.4, 0.5) is 17.1 Å². The predicted molar refractivity (Wildman–Crippen MR) is 315 cm³/mol. The summed E-state index contributed by atoms with van der Waals surface area (Å²) in [5.74, 6) is 0. The molecule has 1 aromatic heterocycles. The lowest BCUT2D eigenvalue weighted by Crippen LogP contribution is -2.28. The van der Waals surface area contributed by atoms with Crippen molar-refractivity contribution in [3.05, 3.63) is 326 Å². The molecule has 0 unspecified atom stereocenters. The first kappa shape index (κ1) is 44.0. The van der Waals surface area contributed by atoms with Crippen LogP contribution in [0, 0.1) is 0 Å². The molecule has 2 nitrogen and oxygen atoms in total. The van der Waals surface area contributed by atoms with Crippen LogP contribution in [0.15, 0.2) is 303 Å². The number of fused-ring (bicyclic) bond motifs is 6. The van der Waals surface area contributed by atoms with E-state index in [2.05, 4.69) is 313 Å². The third-order valence-corrected chi connectivity index (χ3v) is 15.5. The van der Waals surface area contributed by atoms with Crippen molar-refractivity contribution < 1.29 is 0 Å². The molecule has 0 atom stereocenters. The van der Waals surface area contributed by atoms with Crippen LogP contribution in [0.3, 0.4) is 0 Å². The van der Waals surface area contributed by atoms with E-state index in [-0.39, 0.29) is 0 Å². The molecule has 1 heterocycles. The minimum atomic E-state index is -0.493. The van der Waals surface area contributed by atoms with Gasteiger partial charge in [-0.25, -0.2) is 0 Å². The monoisotopic (exact) mass is 954 g/mol. The second-order valence-corrected chi connectivity index (χ2v) is 19.6. The van der Waals surface area contributed by atoms with Crippen LogP contribution in [-0.2, 0) is 5.41 Å². The molecule has 75 heavy (non-hydrogen) atoms. The van der Waals surface area contributed by atoms with Gasteiger partial charge in [0.05, 0.1) is 22.1 Å². The summed E-state index contributed by atoms with van der Waals surface area (Å²) >= 11 is 0. The van der Waals surface area contributed by atoms with Crippen molar-refractivity contribution >= 4 is 38.9 Å². The van der Waals surface area contributed by atoms with Gasteiger partial charge in [0.25, 0.3) is 0 Å². The van der Waals surface area contributed by atoms with Crippen molar-refractivity contribution in [2.45, 2.75) is 5.41 Å². The Morgan fingerprint density at radius 3 is 1.43 bits per heavy atom. The first-order valence-corrected chi connectivity index (χ1v) is 25.9. The number of benzene rings is 12. The highest BCUT2D eigenvalue weighted by atomic mass is 15.1. The molecule has 12 aromatic carbocycles. The van der Waals surface area contributed by atoms with Crippen LogP contribution in [0.2, 0.25) is 0 Å². The van der Waals surface area contributed by atoms with E-state index in [1.54, 1.807) is 0 Å². The number of para-hydroxylation sites is 3. The van der Waals surface area contributed by atoms with E-state index in [1.165, 1.54) is 83.0 Å². The highest BCUT2D eigenvalue weighted by Gasteiger charge is 2.46. The molecule has 0 spiro atoms. The third kappa shape index (κ3) is 7.33. The van der Waals surface area contributed by atoms with Gasteiger partial charge in [0.2, 0.25) is 0 Å². The van der Waals surface area contributed by atoms with Gasteiger partial charge in [0, 0.05) is 33.4 Å². The molecule has 0 N–H and O–H groups in total.